The molecule has 6 nitrogen and oxygen atoms in total. The Kier molecular flexibility index (Phi) is 5.76. The van der Waals surface area contributed by atoms with E-state index in [1.807, 2.05) is 13.8 Å². The molecule has 1 aromatic carbocycles. The lowest BCUT2D eigenvalue weighted by Gasteiger charge is -2.25. The maximum Gasteiger partial charge on any atom is 0.269 e. The van der Waals surface area contributed by atoms with Gasteiger partial charge in [0.2, 0.25) is 5.91 Å². The first-order chi connectivity index (χ1) is 10.9. The van der Waals surface area contributed by atoms with E-state index in [0.29, 0.717) is 18.5 Å². The molecule has 0 aromatic heterocycles. The lowest BCUT2D eigenvalue weighted by atomic mass is 10.1. The van der Waals surface area contributed by atoms with Crippen molar-refractivity contribution in [1.82, 2.24) is 15.8 Å². The summed E-state index contributed by atoms with van der Waals surface area (Å²) in [5.41, 5.74) is 5.25. The first-order valence-electron chi connectivity index (χ1n) is 7.56. The molecule has 3 amide bonds. The zero-order valence-corrected chi connectivity index (χ0v) is 14.7. The minimum atomic E-state index is -0.518. The Morgan fingerprint density at radius 3 is 2.43 bits per heavy atom. The van der Waals surface area contributed by atoms with Gasteiger partial charge in [-0.25, -0.2) is 0 Å². The van der Waals surface area contributed by atoms with Gasteiger partial charge in [-0.3, -0.25) is 25.2 Å². The quantitative estimate of drug-likeness (QED) is 0.784. The summed E-state index contributed by atoms with van der Waals surface area (Å²) in [4.78, 5) is 37.9. The largest absolute Gasteiger partial charge is 0.330 e. The molecule has 0 saturated carbocycles. The fourth-order valence-corrected chi connectivity index (χ4v) is 2.77. The van der Waals surface area contributed by atoms with E-state index >= 15 is 0 Å². The van der Waals surface area contributed by atoms with Gasteiger partial charge in [0.1, 0.15) is 6.04 Å². The fourth-order valence-electron chi connectivity index (χ4n) is 2.51. The summed E-state index contributed by atoms with van der Waals surface area (Å²) >= 11 is 3.29. The van der Waals surface area contributed by atoms with Gasteiger partial charge in [0.15, 0.2) is 0 Å². The molecule has 1 heterocycles. The van der Waals surface area contributed by atoms with E-state index in [1.165, 1.54) is 0 Å². The first kappa shape index (κ1) is 17.5. The van der Waals surface area contributed by atoms with Gasteiger partial charge in [0.05, 0.1) is 0 Å². The SMILES string of the molecule is CC(C)C(=O)N1CCCC1C(=O)NNC(=O)c1ccc(Br)cc1. The maximum absolute atomic E-state index is 12.2. The Morgan fingerprint density at radius 1 is 1.17 bits per heavy atom. The molecule has 124 valence electrons. The number of nitrogens with one attached hydrogen (secondary N) is 2. The van der Waals surface area contributed by atoms with Gasteiger partial charge in [-0.2, -0.15) is 0 Å². The minimum Gasteiger partial charge on any atom is -0.330 e. The molecule has 1 aromatic rings. The van der Waals surface area contributed by atoms with Gasteiger partial charge in [0, 0.05) is 22.5 Å². The number of hydrogen-bond acceptors (Lipinski definition) is 3. The molecule has 0 aliphatic carbocycles. The summed E-state index contributed by atoms with van der Waals surface area (Å²) in [5.74, 6) is -0.949. The van der Waals surface area contributed by atoms with Crippen LogP contribution >= 0.6 is 15.9 Å². The lowest BCUT2D eigenvalue weighted by Crippen LogP contribution is -2.52. The number of hydrazine groups is 1. The van der Waals surface area contributed by atoms with Crippen molar-refractivity contribution in [3.05, 3.63) is 34.3 Å². The second kappa shape index (κ2) is 7.59. The van der Waals surface area contributed by atoms with Gasteiger partial charge in [-0.1, -0.05) is 29.8 Å². The van der Waals surface area contributed by atoms with Crippen LogP contribution in [0.15, 0.2) is 28.7 Å². The van der Waals surface area contributed by atoms with E-state index in [-0.39, 0.29) is 17.7 Å². The second-order valence-corrected chi connectivity index (χ2v) is 6.71. The molecule has 2 N–H and O–H groups in total. The Morgan fingerprint density at radius 2 is 1.83 bits per heavy atom. The molecule has 1 fully saturated rings. The molecule has 1 aliphatic rings. The molecule has 0 spiro atoms. The molecular formula is C16H20BrN3O3. The summed E-state index contributed by atoms with van der Waals surface area (Å²) in [7, 11) is 0. The van der Waals surface area contributed by atoms with Crippen LogP contribution in [-0.2, 0) is 9.59 Å². The Balaban J connectivity index is 1.92. The molecule has 0 radical (unpaired) electrons. The average Bonchev–Trinajstić information content (AvgIpc) is 3.01. The van der Waals surface area contributed by atoms with Gasteiger partial charge in [-0.15, -0.1) is 0 Å². The van der Waals surface area contributed by atoms with Gasteiger partial charge < -0.3 is 4.90 Å². The van der Waals surface area contributed by atoms with Crippen LogP contribution in [0, 0.1) is 5.92 Å². The number of carbonyl (C=O) groups excluding carboxylic acids is 3. The number of likely N-dealkylation sites (tertiary alicyclic amines) is 1. The predicted octanol–water partition coefficient (Wildman–Crippen LogP) is 1.86. The highest BCUT2D eigenvalue weighted by molar-refractivity contribution is 9.10. The fraction of sp³-hybridized carbons (Fsp3) is 0.438. The van der Waals surface area contributed by atoms with Crippen molar-refractivity contribution in [1.29, 1.82) is 0 Å². The number of halogens is 1. The molecule has 7 heteroatoms. The number of benzene rings is 1. The van der Waals surface area contributed by atoms with Crippen LogP contribution in [0.4, 0.5) is 0 Å². The first-order valence-corrected chi connectivity index (χ1v) is 8.35. The van der Waals surface area contributed by atoms with E-state index in [1.54, 1.807) is 29.2 Å². The van der Waals surface area contributed by atoms with Gasteiger partial charge >= 0.3 is 0 Å². The lowest BCUT2D eigenvalue weighted by molar-refractivity contribution is -0.141. The van der Waals surface area contributed by atoms with Crippen LogP contribution in [0.5, 0.6) is 0 Å². The van der Waals surface area contributed by atoms with Gasteiger partial charge in [-0.05, 0) is 37.1 Å². The van der Waals surface area contributed by atoms with Gasteiger partial charge in [0.25, 0.3) is 11.8 Å². The van der Waals surface area contributed by atoms with E-state index in [9.17, 15) is 14.4 Å². The highest BCUT2D eigenvalue weighted by Gasteiger charge is 2.35. The third-order valence-corrected chi connectivity index (χ3v) is 4.27. The molecule has 1 atom stereocenters. The Bertz CT molecular complexity index is 601. The van der Waals surface area contributed by atoms with Crippen molar-refractivity contribution in [3.63, 3.8) is 0 Å². The molecular weight excluding hydrogens is 362 g/mol. The van der Waals surface area contributed by atoms with Crippen LogP contribution in [0.2, 0.25) is 0 Å². The van der Waals surface area contributed by atoms with E-state index < -0.39 is 11.9 Å². The third-order valence-electron chi connectivity index (χ3n) is 3.74. The van der Waals surface area contributed by atoms with Crippen LogP contribution in [0.25, 0.3) is 0 Å². The number of hydrogen-bond donors (Lipinski definition) is 2. The highest BCUT2D eigenvalue weighted by atomic mass is 79.9. The van der Waals surface area contributed by atoms with Crippen LogP contribution in [0.3, 0.4) is 0 Å². The van der Waals surface area contributed by atoms with E-state index in [4.69, 9.17) is 0 Å². The highest BCUT2D eigenvalue weighted by Crippen LogP contribution is 2.19. The number of nitrogens with zero attached hydrogens (tertiary/aromatic N) is 1. The monoisotopic (exact) mass is 381 g/mol. The second-order valence-electron chi connectivity index (χ2n) is 5.79. The number of carbonyl (C=O) groups is 3. The molecule has 2 rings (SSSR count). The van der Waals surface area contributed by atoms with Crippen molar-refractivity contribution < 1.29 is 14.4 Å². The minimum absolute atomic E-state index is 0.0399. The molecule has 1 unspecified atom stereocenters. The smallest absolute Gasteiger partial charge is 0.269 e. The zero-order valence-electron chi connectivity index (χ0n) is 13.1. The molecule has 1 saturated heterocycles. The molecule has 23 heavy (non-hydrogen) atoms. The average molecular weight is 382 g/mol. The van der Waals surface area contributed by atoms with Crippen molar-refractivity contribution >= 4 is 33.7 Å². The molecule has 1 aliphatic heterocycles. The van der Waals surface area contributed by atoms with Crippen molar-refractivity contribution in [2.45, 2.75) is 32.7 Å². The normalized spacial score (nSPS) is 17.2. The van der Waals surface area contributed by atoms with Crippen molar-refractivity contribution in [3.8, 4) is 0 Å². The maximum atomic E-state index is 12.2. The Labute approximate surface area is 143 Å². The van der Waals surface area contributed by atoms with E-state index in [0.717, 1.165) is 10.9 Å². The topological polar surface area (TPSA) is 78.5 Å². The summed E-state index contributed by atoms with van der Waals surface area (Å²) in [6, 6.07) is 6.27. The zero-order chi connectivity index (χ0) is 17.0. The predicted molar refractivity (Wildman–Crippen MR) is 89.3 cm³/mol. The van der Waals surface area contributed by atoms with Crippen molar-refractivity contribution in [2.24, 2.45) is 5.92 Å². The Hall–Kier alpha value is -1.89. The van der Waals surface area contributed by atoms with Crippen LogP contribution in [-0.4, -0.2) is 35.2 Å². The van der Waals surface area contributed by atoms with Crippen molar-refractivity contribution in [2.75, 3.05) is 6.54 Å². The van der Waals surface area contributed by atoms with Crippen LogP contribution in [0.1, 0.15) is 37.0 Å². The van der Waals surface area contributed by atoms with E-state index in [2.05, 4.69) is 26.8 Å². The number of rotatable bonds is 3. The summed E-state index contributed by atoms with van der Waals surface area (Å²) in [6.45, 7) is 4.20. The third kappa shape index (κ3) is 4.31. The summed E-state index contributed by atoms with van der Waals surface area (Å²) < 4.78 is 0.867. The summed E-state index contributed by atoms with van der Waals surface area (Å²) in [5, 5.41) is 0. The molecule has 0 bridgehead atoms. The number of amides is 3. The standard InChI is InChI=1S/C16H20BrN3O3/c1-10(2)16(23)20-9-3-4-13(20)15(22)19-18-14(21)11-5-7-12(17)8-6-11/h5-8,10,13H,3-4,9H2,1-2H3,(H,18,21)(H,19,22). The summed E-state index contributed by atoms with van der Waals surface area (Å²) in [6.07, 6.45) is 1.40. The van der Waals surface area contributed by atoms with Crippen LogP contribution < -0.4 is 10.9 Å².